The predicted octanol–water partition coefficient (Wildman–Crippen LogP) is 1.15. The predicted molar refractivity (Wildman–Crippen MR) is 77.2 cm³/mol. The van der Waals surface area contributed by atoms with E-state index >= 15 is 0 Å². The van der Waals surface area contributed by atoms with Crippen molar-refractivity contribution in [1.82, 2.24) is 15.1 Å². The van der Waals surface area contributed by atoms with Crippen molar-refractivity contribution in [2.24, 2.45) is 5.92 Å². The highest BCUT2D eigenvalue weighted by atomic mass is 16.5. The normalized spacial score (nSPS) is 11.9. The minimum Gasteiger partial charge on any atom is -0.481 e. The van der Waals surface area contributed by atoms with E-state index in [1.807, 2.05) is 0 Å². The Morgan fingerprint density at radius 3 is 2.95 bits per heavy atom. The summed E-state index contributed by atoms with van der Waals surface area (Å²) in [6, 6.07) is -0.329. The van der Waals surface area contributed by atoms with E-state index in [2.05, 4.69) is 15.7 Å². The van der Waals surface area contributed by atoms with Gasteiger partial charge in [0.15, 0.2) is 0 Å². The molecule has 1 rings (SSSR count). The lowest BCUT2D eigenvalue weighted by molar-refractivity contribution is -0.141. The smallest absolute Gasteiger partial charge is 0.319 e. The largest absolute Gasteiger partial charge is 0.481 e. The summed E-state index contributed by atoms with van der Waals surface area (Å²) < 4.78 is 6.61. The van der Waals surface area contributed by atoms with Gasteiger partial charge in [0, 0.05) is 19.9 Å². The fraction of sp³-hybridized carbons (Fsp3) is 0.615. The van der Waals surface area contributed by atoms with Gasteiger partial charge in [-0.25, -0.2) is 4.79 Å². The topological polar surface area (TPSA) is 105 Å². The highest BCUT2D eigenvalue weighted by Gasteiger charge is 2.10. The lowest BCUT2D eigenvalue weighted by atomic mass is 10.1. The summed E-state index contributed by atoms with van der Waals surface area (Å²) in [7, 11) is 1.61. The van der Waals surface area contributed by atoms with Crippen LogP contribution >= 0.6 is 0 Å². The molecular weight excluding hydrogens is 276 g/mol. The molecule has 1 aromatic heterocycles. The number of nitrogens with zero attached hydrogens (tertiary/aromatic N) is 2. The molecule has 8 heteroatoms. The maximum atomic E-state index is 11.6. The lowest BCUT2D eigenvalue weighted by Gasteiger charge is -2.07. The van der Waals surface area contributed by atoms with Crippen molar-refractivity contribution in [3.8, 4) is 0 Å². The van der Waals surface area contributed by atoms with Crippen LogP contribution in [0.1, 0.15) is 19.8 Å². The Bertz CT molecular complexity index is 461. The van der Waals surface area contributed by atoms with Crippen LogP contribution in [0.25, 0.3) is 0 Å². The monoisotopic (exact) mass is 298 g/mol. The summed E-state index contributed by atoms with van der Waals surface area (Å²) in [6.07, 6.45) is 4.42. The molecule has 0 saturated heterocycles. The quantitative estimate of drug-likeness (QED) is 0.593. The van der Waals surface area contributed by atoms with Crippen LogP contribution in [0.15, 0.2) is 12.4 Å². The van der Waals surface area contributed by atoms with Gasteiger partial charge in [-0.05, 0) is 12.8 Å². The number of carbonyl (C=O) groups excluding carboxylic acids is 1. The van der Waals surface area contributed by atoms with Gasteiger partial charge in [0.1, 0.15) is 0 Å². The number of urea groups is 1. The molecule has 0 aliphatic heterocycles. The molecule has 0 saturated carbocycles. The summed E-state index contributed by atoms with van der Waals surface area (Å²) in [6.45, 7) is 3.25. The maximum Gasteiger partial charge on any atom is 0.319 e. The van der Waals surface area contributed by atoms with Gasteiger partial charge in [0.05, 0.1) is 31.0 Å². The zero-order valence-corrected chi connectivity index (χ0v) is 12.3. The van der Waals surface area contributed by atoms with Crippen LogP contribution < -0.4 is 10.6 Å². The van der Waals surface area contributed by atoms with Gasteiger partial charge in [-0.1, -0.05) is 6.92 Å². The molecule has 0 radical (unpaired) electrons. The molecule has 1 aromatic rings. The van der Waals surface area contributed by atoms with Crippen LogP contribution in [0.3, 0.4) is 0 Å². The number of anilines is 1. The van der Waals surface area contributed by atoms with Crippen molar-refractivity contribution < 1.29 is 19.4 Å². The summed E-state index contributed by atoms with van der Waals surface area (Å²) >= 11 is 0. The van der Waals surface area contributed by atoms with Crippen molar-refractivity contribution >= 4 is 17.7 Å². The number of aliphatic carboxylic acids is 1. The van der Waals surface area contributed by atoms with Crippen LogP contribution in [0.4, 0.5) is 10.5 Å². The second-order valence-electron chi connectivity index (χ2n) is 4.75. The molecule has 3 N–H and O–H groups in total. The van der Waals surface area contributed by atoms with E-state index < -0.39 is 11.9 Å². The van der Waals surface area contributed by atoms with E-state index in [1.54, 1.807) is 31.1 Å². The Kier molecular flexibility index (Phi) is 7.24. The van der Waals surface area contributed by atoms with Crippen molar-refractivity contribution in [2.75, 3.05) is 25.6 Å². The highest BCUT2D eigenvalue weighted by molar-refractivity contribution is 5.88. The average molecular weight is 298 g/mol. The van der Waals surface area contributed by atoms with E-state index in [9.17, 15) is 9.59 Å². The van der Waals surface area contributed by atoms with Gasteiger partial charge in [0.25, 0.3) is 0 Å². The molecule has 1 heterocycles. The van der Waals surface area contributed by atoms with E-state index in [0.717, 1.165) is 0 Å². The molecule has 118 valence electrons. The van der Waals surface area contributed by atoms with Gasteiger partial charge in [0.2, 0.25) is 0 Å². The Morgan fingerprint density at radius 2 is 2.29 bits per heavy atom. The molecule has 1 unspecified atom stereocenters. The van der Waals surface area contributed by atoms with E-state index in [4.69, 9.17) is 9.84 Å². The van der Waals surface area contributed by atoms with Gasteiger partial charge in [-0.2, -0.15) is 5.10 Å². The van der Waals surface area contributed by atoms with E-state index in [0.29, 0.717) is 38.2 Å². The Hall–Kier alpha value is -2.09. The molecule has 8 nitrogen and oxygen atoms in total. The van der Waals surface area contributed by atoms with Gasteiger partial charge >= 0.3 is 12.0 Å². The van der Waals surface area contributed by atoms with Crippen LogP contribution in [0.2, 0.25) is 0 Å². The van der Waals surface area contributed by atoms with Gasteiger partial charge < -0.3 is 20.5 Å². The number of rotatable bonds is 9. The first-order valence-corrected chi connectivity index (χ1v) is 6.82. The number of methoxy groups -OCH3 is 1. The molecule has 0 bridgehead atoms. The SMILES string of the molecule is COCCn1cc(NC(=O)NCCCC(C)C(=O)O)cn1. The second kappa shape index (κ2) is 8.96. The third kappa shape index (κ3) is 6.75. The molecular formula is C13H22N4O4. The van der Waals surface area contributed by atoms with Crippen molar-refractivity contribution in [1.29, 1.82) is 0 Å². The first kappa shape index (κ1) is 17.0. The Labute approximate surface area is 123 Å². The van der Waals surface area contributed by atoms with Crippen LogP contribution in [0, 0.1) is 5.92 Å². The van der Waals surface area contributed by atoms with Crippen molar-refractivity contribution in [2.45, 2.75) is 26.3 Å². The second-order valence-corrected chi connectivity index (χ2v) is 4.75. The number of ether oxygens (including phenoxy) is 1. The number of carboxylic acids is 1. The summed E-state index contributed by atoms with van der Waals surface area (Å²) in [5, 5.41) is 18.1. The summed E-state index contributed by atoms with van der Waals surface area (Å²) in [5.74, 6) is -1.21. The molecule has 0 aromatic carbocycles. The molecule has 21 heavy (non-hydrogen) atoms. The number of amides is 2. The average Bonchev–Trinajstić information content (AvgIpc) is 2.88. The number of carbonyl (C=O) groups is 2. The molecule has 0 aliphatic rings. The van der Waals surface area contributed by atoms with Crippen molar-refractivity contribution in [3.63, 3.8) is 0 Å². The molecule has 0 spiro atoms. The lowest BCUT2D eigenvalue weighted by Crippen LogP contribution is -2.29. The number of aromatic nitrogens is 2. The standard InChI is InChI=1S/C13H22N4O4/c1-10(12(18)19)4-3-5-14-13(20)16-11-8-15-17(9-11)6-7-21-2/h8-10H,3-7H2,1-2H3,(H,18,19)(H2,14,16,20). The maximum absolute atomic E-state index is 11.6. The first-order chi connectivity index (χ1) is 10.0. The van der Waals surface area contributed by atoms with Crippen LogP contribution in [-0.4, -0.2) is 47.1 Å². The van der Waals surface area contributed by atoms with Gasteiger partial charge in [-0.3, -0.25) is 9.48 Å². The molecule has 1 atom stereocenters. The number of nitrogens with one attached hydrogen (secondary N) is 2. The van der Waals surface area contributed by atoms with E-state index in [1.165, 1.54) is 0 Å². The molecule has 2 amide bonds. The zero-order valence-electron chi connectivity index (χ0n) is 12.3. The zero-order chi connectivity index (χ0) is 15.7. The Morgan fingerprint density at radius 1 is 1.52 bits per heavy atom. The van der Waals surface area contributed by atoms with Crippen molar-refractivity contribution in [3.05, 3.63) is 12.4 Å². The minimum absolute atomic E-state index is 0.329. The first-order valence-electron chi connectivity index (χ1n) is 6.82. The third-order valence-corrected chi connectivity index (χ3v) is 2.94. The number of carboxylic acid groups (broad SMARTS) is 1. The summed E-state index contributed by atoms with van der Waals surface area (Å²) in [4.78, 5) is 22.2. The molecule has 0 fully saturated rings. The highest BCUT2D eigenvalue weighted by Crippen LogP contribution is 2.06. The van der Waals surface area contributed by atoms with Crippen LogP contribution in [0.5, 0.6) is 0 Å². The minimum atomic E-state index is -0.817. The van der Waals surface area contributed by atoms with Crippen LogP contribution in [-0.2, 0) is 16.1 Å². The molecule has 0 aliphatic carbocycles. The fourth-order valence-electron chi connectivity index (χ4n) is 1.64. The number of hydrogen-bond acceptors (Lipinski definition) is 4. The summed E-state index contributed by atoms with van der Waals surface area (Å²) in [5.41, 5.74) is 0.600. The van der Waals surface area contributed by atoms with E-state index in [-0.39, 0.29) is 6.03 Å². The Balaban J connectivity index is 2.21. The third-order valence-electron chi connectivity index (χ3n) is 2.94. The van der Waals surface area contributed by atoms with Gasteiger partial charge in [-0.15, -0.1) is 0 Å². The number of hydrogen-bond donors (Lipinski definition) is 3. The fourth-order valence-corrected chi connectivity index (χ4v) is 1.64.